The number of unbranched alkanes of at least 4 members (excludes halogenated alkanes) is 33. The minimum absolute atomic E-state index is 0.0848. The SMILES string of the molecule is CC/C=C\C/C=C\C/C=C\C/C=C\C/C=C\CCCCCCCCCCCCCCCCCCCCCC(=O)OCC(COC(=O)CCCCCCC/C=C\CCCCCC)OC(=O)CCCCCCC/C=C\C/C=C\C/C=C\CC. The first kappa shape index (κ1) is 77.1. The van der Waals surface area contributed by atoms with Crippen molar-refractivity contribution in [1.82, 2.24) is 0 Å². The van der Waals surface area contributed by atoms with Crippen LogP contribution in [0.15, 0.2) is 109 Å². The largest absolute Gasteiger partial charge is 0.462 e. The van der Waals surface area contributed by atoms with E-state index in [2.05, 4.69) is 130 Å². The van der Waals surface area contributed by atoms with Crippen LogP contribution in [0.1, 0.15) is 329 Å². The van der Waals surface area contributed by atoms with Gasteiger partial charge in [-0.25, -0.2) is 0 Å². The van der Waals surface area contributed by atoms with E-state index in [-0.39, 0.29) is 31.1 Å². The predicted octanol–water partition coefficient (Wildman–Crippen LogP) is 23.8. The molecule has 0 heterocycles. The highest BCUT2D eigenvalue weighted by Crippen LogP contribution is 2.17. The highest BCUT2D eigenvalue weighted by molar-refractivity contribution is 5.71. The summed E-state index contributed by atoms with van der Waals surface area (Å²) in [5.41, 5.74) is 0. The van der Waals surface area contributed by atoms with Crippen molar-refractivity contribution >= 4 is 17.9 Å². The number of esters is 3. The average Bonchev–Trinajstić information content (AvgIpc) is 3.46. The van der Waals surface area contributed by atoms with E-state index in [1.165, 1.54) is 154 Å². The first-order valence-corrected chi connectivity index (χ1v) is 34.4. The fraction of sp³-hybridized carbons (Fsp3) is 0.720. The van der Waals surface area contributed by atoms with Crippen LogP contribution in [0.5, 0.6) is 0 Å². The molecule has 0 bridgehead atoms. The topological polar surface area (TPSA) is 78.9 Å². The van der Waals surface area contributed by atoms with Gasteiger partial charge < -0.3 is 14.2 Å². The van der Waals surface area contributed by atoms with Crippen molar-refractivity contribution in [2.75, 3.05) is 13.2 Å². The molecule has 0 saturated carbocycles. The molecule has 0 aromatic carbocycles. The summed E-state index contributed by atoms with van der Waals surface area (Å²) in [5.74, 6) is -0.899. The molecule has 0 radical (unpaired) electrons. The summed E-state index contributed by atoms with van der Waals surface area (Å²) in [7, 11) is 0. The molecule has 0 aromatic heterocycles. The molecule has 0 fully saturated rings. The number of carbonyl (C=O) groups is 3. The zero-order chi connectivity index (χ0) is 58.5. The zero-order valence-electron chi connectivity index (χ0n) is 53.3. The van der Waals surface area contributed by atoms with Crippen molar-refractivity contribution in [1.29, 1.82) is 0 Å². The molecule has 0 aromatic rings. The second-order valence-electron chi connectivity index (χ2n) is 22.7. The maximum absolute atomic E-state index is 12.9. The van der Waals surface area contributed by atoms with Crippen LogP contribution in [0.2, 0.25) is 0 Å². The normalized spacial score (nSPS) is 12.8. The van der Waals surface area contributed by atoms with Gasteiger partial charge in [0.25, 0.3) is 0 Å². The third-order valence-electron chi connectivity index (χ3n) is 14.7. The number of hydrogen-bond donors (Lipinski definition) is 0. The molecular weight excluding hydrogens is 997 g/mol. The fourth-order valence-corrected chi connectivity index (χ4v) is 9.66. The van der Waals surface area contributed by atoms with E-state index in [1.807, 2.05) is 0 Å². The summed E-state index contributed by atoms with van der Waals surface area (Å²) < 4.78 is 16.9. The molecule has 0 saturated heterocycles. The van der Waals surface area contributed by atoms with Gasteiger partial charge >= 0.3 is 17.9 Å². The molecule has 0 spiro atoms. The van der Waals surface area contributed by atoms with E-state index in [1.54, 1.807) is 0 Å². The Hall–Kier alpha value is -3.93. The summed E-state index contributed by atoms with van der Waals surface area (Å²) in [6.45, 7) is 6.40. The smallest absolute Gasteiger partial charge is 0.306 e. The molecule has 0 aliphatic carbocycles. The first-order chi connectivity index (χ1) is 40.0. The van der Waals surface area contributed by atoms with Crippen LogP contribution < -0.4 is 0 Å². The van der Waals surface area contributed by atoms with E-state index in [9.17, 15) is 14.4 Å². The standard InChI is InChI=1S/C75H128O6/c1-4-7-10-13-16-19-22-25-27-28-29-30-31-32-33-34-35-36-37-38-39-40-41-42-43-44-45-46-48-50-53-56-59-62-65-68-74(77)80-71-72(70-79-73(76)67-64-61-58-55-52-49-24-21-18-15-12-9-6-3)81-75(78)69-66-63-60-57-54-51-47-26-23-20-17-14-11-8-5-2/h7-8,10-11,16-17,19-21,24-27,29-30,32-33,47,72H,4-6,9,12-15,18,22-23,28,31,34-46,48-71H2,1-3H3/b10-7-,11-8-,19-16-,20-17-,24-21-,27-25-,30-29-,33-32-,47-26-. The van der Waals surface area contributed by atoms with E-state index < -0.39 is 6.10 Å². The summed E-state index contributed by atoms with van der Waals surface area (Å²) in [5, 5.41) is 0. The van der Waals surface area contributed by atoms with Crippen molar-refractivity contribution in [2.24, 2.45) is 0 Å². The molecular formula is C75H128O6. The second kappa shape index (κ2) is 68.6. The molecule has 81 heavy (non-hydrogen) atoms. The number of hydrogen-bond acceptors (Lipinski definition) is 6. The van der Waals surface area contributed by atoms with Crippen LogP contribution in [0.3, 0.4) is 0 Å². The Morgan fingerprint density at radius 2 is 0.481 bits per heavy atom. The highest BCUT2D eigenvalue weighted by Gasteiger charge is 2.19. The van der Waals surface area contributed by atoms with Gasteiger partial charge in [0, 0.05) is 19.3 Å². The van der Waals surface area contributed by atoms with Gasteiger partial charge in [-0.05, 0) is 122 Å². The minimum Gasteiger partial charge on any atom is -0.462 e. The molecule has 6 heteroatoms. The highest BCUT2D eigenvalue weighted by atomic mass is 16.6. The van der Waals surface area contributed by atoms with Gasteiger partial charge in [0.05, 0.1) is 0 Å². The van der Waals surface area contributed by atoms with Gasteiger partial charge in [0.15, 0.2) is 6.10 Å². The molecule has 0 rings (SSSR count). The van der Waals surface area contributed by atoms with E-state index >= 15 is 0 Å². The van der Waals surface area contributed by atoms with Crippen molar-refractivity contribution in [3.63, 3.8) is 0 Å². The minimum atomic E-state index is -0.790. The lowest BCUT2D eigenvalue weighted by Gasteiger charge is -2.18. The summed E-state index contributed by atoms with van der Waals surface area (Å²) in [6, 6.07) is 0. The van der Waals surface area contributed by atoms with Gasteiger partial charge in [0.2, 0.25) is 0 Å². The van der Waals surface area contributed by atoms with Gasteiger partial charge in [0.1, 0.15) is 13.2 Å². The van der Waals surface area contributed by atoms with Crippen molar-refractivity contribution in [3.8, 4) is 0 Å². The number of rotatable bonds is 62. The van der Waals surface area contributed by atoms with Crippen LogP contribution in [0, 0.1) is 0 Å². The first-order valence-electron chi connectivity index (χ1n) is 34.4. The summed E-state index contributed by atoms with van der Waals surface area (Å²) in [6.07, 6.45) is 94.1. The monoisotopic (exact) mass is 1120 g/mol. The predicted molar refractivity (Wildman–Crippen MR) is 353 cm³/mol. The van der Waals surface area contributed by atoms with Crippen LogP contribution in [-0.4, -0.2) is 37.2 Å². The Kier molecular flexibility index (Phi) is 65.2. The Labute approximate surface area is 501 Å². The van der Waals surface area contributed by atoms with Crippen LogP contribution in [0.4, 0.5) is 0 Å². The molecule has 0 aliphatic rings. The van der Waals surface area contributed by atoms with Gasteiger partial charge in [-0.2, -0.15) is 0 Å². The maximum Gasteiger partial charge on any atom is 0.306 e. The zero-order valence-corrected chi connectivity index (χ0v) is 53.3. The fourth-order valence-electron chi connectivity index (χ4n) is 9.66. The summed E-state index contributed by atoms with van der Waals surface area (Å²) in [4.78, 5) is 38.3. The summed E-state index contributed by atoms with van der Waals surface area (Å²) >= 11 is 0. The Balaban J connectivity index is 4.13. The molecule has 464 valence electrons. The van der Waals surface area contributed by atoms with Crippen molar-refractivity contribution < 1.29 is 28.6 Å². The van der Waals surface area contributed by atoms with Crippen LogP contribution >= 0.6 is 0 Å². The molecule has 0 aliphatic heterocycles. The van der Waals surface area contributed by atoms with Gasteiger partial charge in [-0.3, -0.25) is 14.4 Å². The van der Waals surface area contributed by atoms with E-state index in [0.717, 1.165) is 135 Å². The van der Waals surface area contributed by atoms with E-state index in [4.69, 9.17) is 14.2 Å². The Morgan fingerprint density at radius 1 is 0.259 bits per heavy atom. The average molecular weight is 1130 g/mol. The third kappa shape index (κ3) is 66.8. The second-order valence-corrected chi connectivity index (χ2v) is 22.7. The quantitative estimate of drug-likeness (QED) is 0.0261. The number of ether oxygens (including phenoxy) is 3. The van der Waals surface area contributed by atoms with E-state index in [0.29, 0.717) is 19.3 Å². The Morgan fingerprint density at radius 3 is 0.765 bits per heavy atom. The molecule has 6 nitrogen and oxygen atoms in total. The maximum atomic E-state index is 12.9. The lowest BCUT2D eigenvalue weighted by molar-refractivity contribution is -0.167. The third-order valence-corrected chi connectivity index (χ3v) is 14.7. The van der Waals surface area contributed by atoms with Gasteiger partial charge in [-0.1, -0.05) is 297 Å². The lowest BCUT2D eigenvalue weighted by atomic mass is 10.0. The molecule has 1 unspecified atom stereocenters. The Bertz CT molecular complexity index is 1620. The molecule has 1 atom stereocenters. The number of allylic oxidation sites excluding steroid dienone is 18. The van der Waals surface area contributed by atoms with Crippen molar-refractivity contribution in [3.05, 3.63) is 109 Å². The van der Waals surface area contributed by atoms with Crippen LogP contribution in [0.25, 0.3) is 0 Å². The molecule has 0 amide bonds. The van der Waals surface area contributed by atoms with Crippen molar-refractivity contribution in [2.45, 2.75) is 335 Å². The lowest BCUT2D eigenvalue weighted by Crippen LogP contribution is -2.30. The molecule has 0 N–H and O–H groups in total. The van der Waals surface area contributed by atoms with Gasteiger partial charge in [-0.15, -0.1) is 0 Å². The number of carbonyl (C=O) groups excluding carboxylic acids is 3. The van der Waals surface area contributed by atoms with Crippen LogP contribution in [-0.2, 0) is 28.6 Å².